The number of amides is 1. The summed E-state index contributed by atoms with van der Waals surface area (Å²) in [7, 11) is 3.37. The third kappa shape index (κ3) is 6.33. The van der Waals surface area contributed by atoms with E-state index < -0.39 is 4.92 Å². The Bertz CT molecular complexity index is 479. The Hall–Kier alpha value is -1.99. The van der Waals surface area contributed by atoms with Gasteiger partial charge in [0.1, 0.15) is 0 Å². The van der Waals surface area contributed by atoms with E-state index in [0.29, 0.717) is 25.3 Å². The number of likely N-dealkylation sites (N-methyl/N-ethyl adjacent to an activating group) is 1. The molecule has 21 heavy (non-hydrogen) atoms. The first-order valence-corrected chi connectivity index (χ1v) is 6.71. The number of benzene rings is 1. The smallest absolute Gasteiger partial charge is 0.273 e. The van der Waals surface area contributed by atoms with Gasteiger partial charge in [0.25, 0.3) is 5.69 Å². The average Bonchev–Trinajstić information content (AvgIpc) is 2.43. The molecule has 0 saturated heterocycles. The Kier molecular flexibility index (Phi) is 7.34. The number of hydrogen-bond acceptors (Lipinski definition) is 5. The van der Waals surface area contributed by atoms with Gasteiger partial charge in [-0.05, 0) is 13.5 Å². The summed E-state index contributed by atoms with van der Waals surface area (Å²) in [5, 5.41) is 13.7. The minimum atomic E-state index is -0.409. The molecule has 0 radical (unpaired) electrons. The highest BCUT2D eigenvalue weighted by Gasteiger charge is 2.15. The van der Waals surface area contributed by atoms with Crippen molar-refractivity contribution in [1.29, 1.82) is 0 Å². The van der Waals surface area contributed by atoms with E-state index in [1.807, 2.05) is 0 Å². The van der Waals surface area contributed by atoms with Crippen LogP contribution in [0.5, 0.6) is 0 Å². The zero-order valence-electron chi connectivity index (χ0n) is 12.4. The van der Waals surface area contributed by atoms with Gasteiger partial charge in [-0.1, -0.05) is 18.2 Å². The number of nitrogens with zero attached hydrogens (tertiary/aromatic N) is 2. The van der Waals surface area contributed by atoms with E-state index in [1.165, 1.54) is 6.07 Å². The van der Waals surface area contributed by atoms with Gasteiger partial charge in [0.2, 0.25) is 5.91 Å². The lowest BCUT2D eigenvalue weighted by molar-refractivity contribution is -0.385. The number of rotatable bonds is 9. The first kappa shape index (κ1) is 17.1. The molecule has 0 atom stereocenters. The van der Waals surface area contributed by atoms with Gasteiger partial charge in [-0.15, -0.1) is 0 Å². The third-order valence-corrected chi connectivity index (χ3v) is 2.89. The van der Waals surface area contributed by atoms with Gasteiger partial charge in [0, 0.05) is 38.4 Å². The van der Waals surface area contributed by atoms with Crippen LogP contribution in [-0.4, -0.2) is 49.6 Å². The molecule has 1 amide bonds. The van der Waals surface area contributed by atoms with Crippen LogP contribution in [0.15, 0.2) is 24.3 Å². The summed E-state index contributed by atoms with van der Waals surface area (Å²) in [6, 6.07) is 6.55. The molecular formula is C14H21N3O4. The van der Waals surface area contributed by atoms with Gasteiger partial charge in [-0.25, -0.2) is 0 Å². The van der Waals surface area contributed by atoms with E-state index in [2.05, 4.69) is 5.32 Å². The number of nitro benzene ring substituents is 1. The van der Waals surface area contributed by atoms with Crippen molar-refractivity contribution in [3.8, 4) is 0 Å². The average molecular weight is 295 g/mol. The maximum atomic E-state index is 11.7. The van der Waals surface area contributed by atoms with Crippen LogP contribution >= 0.6 is 0 Å². The minimum Gasteiger partial charge on any atom is -0.385 e. The monoisotopic (exact) mass is 295 g/mol. The number of methoxy groups -OCH3 is 1. The number of carbonyl (C=O) groups excluding carboxylic acids is 1. The summed E-state index contributed by atoms with van der Waals surface area (Å²) in [5.41, 5.74) is 0.669. The third-order valence-electron chi connectivity index (χ3n) is 2.89. The second kappa shape index (κ2) is 9.04. The summed E-state index contributed by atoms with van der Waals surface area (Å²) in [5.74, 6) is -0.104. The Morgan fingerprint density at radius 1 is 1.43 bits per heavy atom. The van der Waals surface area contributed by atoms with Crippen LogP contribution in [0.2, 0.25) is 0 Å². The van der Waals surface area contributed by atoms with Crippen molar-refractivity contribution >= 4 is 11.6 Å². The fourth-order valence-corrected chi connectivity index (χ4v) is 1.91. The van der Waals surface area contributed by atoms with Gasteiger partial charge < -0.3 is 10.1 Å². The maximum Gasteiger partial charge on any atom is 0.273 e. The molecule has 0 aliphatic heterocycles. The molecule has 0 heterocycles. The van der Waals surface area contributed by atoms with Crippen molar-refractivity contribution in [1.82, 2.24) is 10.2 Å². The molecule has 0 bridgehead atoms. The minimum absolute atomic E-state index is 0.0739. The SMILES string of the molecule is COCCCNC(=O)CN(C)Cc1ccccc1[N+](=O)[O-]. The van der Waals surface area contributed by atoms with E-state index in [4.69, 9.17) is 4.74 Å². The molecule has 1 N–H and O–H groups in total. The molecule has 7 nitrogen and oxygen atoms in total. The molecule has 0 aliphatic rings. The second-order valence-electron chi connectivity index (χ2n) is 4.75. The topological polar surface area (TPSA) is 84.7 Å². The lowest BCUT2D eigenvalue weighted by Crippen LogP contribution is -2.35. The molecule has 0 saturated carbocycles. The van der Waals surface area contributed by atoms with Gasteiger partial charge in [-0.2, -0.15) is 0 Å². The molecule has 1 aromatic rings. The summed E-state index contributed by atoms with van der Waals surface area (Å²) in [6.07, 6.45) is 0.760. The number of para-hydroxylation sites is 1. The van der Waals surface area contributed by atoms with Crippen LogP contribution in [0.25, 0.3) is 0 Å². The largest absolute Gasteiger partial charge is 0.385 e. The summed E-state index contributed by atoms with van der Waals surface area (Å²) in [6.45, 7) is 1.71. The Morgan fingerprint density at radius 2 is 2.14 bits per heavy atom. The fraction of sp³-hybridized carbons (Fsp3) is 0.500. The quantitative estimate of drug-likeness (QED) is 0.420. The molecule has 0 fully saturated rings. The van der Waals surface area contributed by atoms with E-state index in [0.717, 1.165) is 6.42 Å². The normalized spacial score (nSPS) is 10.6. The number of ether oxygens (including phenoxy) is 1. The zero-order chi connectivity index (χ0) is 15.7. The number of carbonyl (C=O) groups is 1. The highest BCUT2D eigenvalue weighted by molar-refractivity contribution is 5.77. The molecular weight excluding hydrogens is 274 g/mol. The first-order valence-electron chi connectivity index (χ1n) is 6.71. The van der Waals surface area contributed by atoms with Crippen LogP contribution in [0.4, 0.5) is 5.69 Å². The highest BCUT2D eigenvalue weighted by atomic mass is 16.6. The maximum absolute atomic E-state index is 11.7. The fourth-order valence-electron chi connectivity index (χ4n) is 1.91. The predicted octanol–water partition coefficient (Wildman–Crippen LogP) is 1.18. The number of nitro groups is 1. The second-order valence-corrected chi connectivity index (χ2v) is 4.75. The van der Waals surface area contributed by atoms with Crippen molar-refractivity contribution in [2.75, 3.05) is 33.9 Å². The lowest BCUT2D eigenvalue weighted by Gasteiger charge is -2.16. The number of nitrogens with one attached hydrogen (secondary N) is 1. The molecule has 1 rings (SSSR count). The van der Waals surface area contributed by atoms with Crippen molar-refractivity contribution < 1.29 is 14.5 Å². The van der Waals surface area contributed by atoms with E-state index in [1.54, 1.807) is 37.3 Å². The van der Waals surface area contributed by atoms with E-state index in [9.17, 15) is 14.9 Å². The van der Waals surface area contributed by atoms with Crippen molar-refractivity contribution in [3.05, 3.63) is 39.9 Å². The highest BCUT2D eigenvalue weighted by Crippen LogP contribution is 2.18. The Balaban J connectivity index is 2.45. The Morgan fingerprint density at radius 3 is 2.81 bits per heavy atom. The summed E-state index contributed by atoms with van der Waals surface area (Å²) >= 11 is 0. The lowest BCUT2D eigenvalue weighted by atomic mass is 10.1. The molecule has 116 valence electrons. The van der Waals surface area contributed by atoms with Crippen molar-refractivity contribution in [2.45, 2.75) is 13.0 Å². The zero-order valence-corrected chi connectivity index (χ0v) is 12.4. The van der Waals surface area contributed by atoms with Crippen molar-refractivity contribution in [3.63, 3.8) is 0 Å². The number of hydrogen-bond donors (Lipinski definition) is 1. The van der Waals surface area contributed by atoms with Gasteiger partial charge in [0.05, 0.1) is 11.5 Å². The van der Waals surface area contributed by atoms with E-state index >= 15 is 0 Å². The predicted molar refractivity (Wildman–Crippen MR) is 78.9 cm³/mol. The summed E-state index contributed by atoms with van der Waals surface area (Å²) < 4.78 is 4.89. The molecule has 1 aromatic carbocycles. The molecule has 7 heteroatoms. The molecule has 0 spiro atoms. The van der Waals surface area contributed by atoms with Crippen LogP contribution in [-0.2, 0) is 16.1 Å². The standard InChI is InChI=1S/C14H21N3O4/c1-16(11-14(18)15-8-5-9-21-2)10-12-6-3-4-7-13(12)17(19)20/h3-4,6-7H,5,8-11H2,1-2H3,(H,15,18). The molecule has 0 unspecified atom stereocenters. The summed E-state index contributed by atoms with van der Waals surface area (Å²) in [4.78, 5) is 24.0. The van der Waals surface area contributed by atoms with Crippen LogP contribution < -0.4 is 5.32 Å². The molecule has 0 aromatic heterocycles. The first-order chi connectivity index (χ1) is 10.0. The molecule has 0 aliphatic carbocycles. The van der Waals surface area contributed by atoms with Crippen molar-refractivity contribution in [2.24, 2.45) is 0 Å². The van der Waals surface area contributed by atoms with Gasteiger partial charge >= 0.3 is 0 Å². The van der Waals surface area contributed by atoms with Crippen LogP contribution in [0, 0.1) is 10.1 Å². The van der Waals surface area contributed by atoms with Gasteiger partial charge in [-0.3, -0.25) is 19.8 Å². The van der Waals surface area contributed by atoms with Crippen LogP contribution in [0.3, 0.4) is 0 Å². The van der Waals surface area contributed by atoms with E-state index in [-0.39, 0.29) is 18.1 Å². The Labute approximate surface area is 124 Å². The van der Waals surface area contributed by atoms with Crippen LogP contribution in [0.1, 0.15) is 12.0 Å². The van der Waals surface area contributed by atoms with Gasteiger partial charge in [0.15, 0.2) is 0 Å².